The lowest BCUT2D eigenvalue weighted by Gasteiger charge is -2.29. The fourth-order valence-electron chi connectivity index (χ4n) is 12.0. The summed E-state index contributed by atoms with van der Waals surface area (Å²) >= 11 is 0. The summed E-state index contributed by atoms with van der Waals surface area (Å²) in [5, 5.41) is 14.7. The number of allylic oxidation sites excluding steroid dienone is 2. The van der Waals surface area contributed by atoms with E-state index in [9.17, 15) is 0 Å². The second-order valence-electron chi connectivity index (χ2n) is 19.5. The van der Waals surface area contributed by atoms with Crippen LogP contribution in [0.15, 0.2) is 200 Å². The molecular weight excluding hydrogens is 847 g/mol. The van der Waals surface area contributed by atoms with Crippen molar-refractivity contribution < 1.29 is 0 Å². The van der Waals surface area contributed by atoms with Gasteiger partial charge in [-0.25, -0.2) is 15.0 Å². The Hall–Kier alpha value is -8.53. The van der Waals surface area contributed by atoms with Gasteiger partial charge in [0.1, 0.15) is 0 Å². The van der Waals surface area contributed by atoms with Crippen LogP contribution in [0.4, 0.5) is 0 Å². The van der Waals surface area contributed by atoms with Gasteiger partial charge >= 0.3 is 0 Å². The highest BCUT2D eigenvalue weighted by atomic mass is 14.9. The van der Waals surface area contributed by atoms with E-state index in [0.29, 0.717) is 17.7 Å². The van der Waals surface area contributed by atoms with Crippen molar-refractivity contribution >= 4 is 76.8 Å². The number of aromatic nitrogens is 3. The second-order valence-corrected chi connectivity index (χ2v) is 19.5. The lowest BCUT2D eigenvalue weighted by atomic mass is 9.76. The maximum Gasteiger partial charge on any atom is 0.161 e. The Morgan fingerprint density at radius 3 is 1.59 bits per heavy atom. The molecule has 70 heavy (non-hydrogen) atoms. The normalized spacial score (nSPS) is 15.3. The van der Waals surface area contributed by atoms with Crippen LogP contribution in [0.25, 0.3) is 133 Å². The van der Waals surface area contributed by atoms with E-state index < -0.39 is 0 Å². The number of nitrogens with zero attached hydrogens (tertiary/aromatic N) is 3. The zero-order valence-corrected chi connectivity index (χ0v) is 39.1. The summed E-state index contributed by atoms with van der Waals surface area (Å²) in [6.45, 7) is 4.77. The Morgan fingerprint density at radius 1 is 0.371 bits per heavy atom. The summed E-state index contributed by atoms with van der Waals surface area (Å²) in [7, 11) is 0. The number of benzene rings is 10. The van der Waals surface area contributed by atoms with Crippen molar-refractivity contribution in [1.29, 1.82) is 0 Å². The smallest absolute Gasteiger partial charge is 0.161 e. The van der Waals surface area contributed by atoms with Gasteiger partial charge in [-0.05, 0) is 148 Å². The fourth-order valence-corrected chi connectivity index (χ4v) is 12.0. The molecule has 10 aromatic carbocycles. The molecule has 3 nitrogen and oxygen atoms in total. The summed E-state index contributed by atoms with van der Waals surface area (Å²) in [5.74, 6) is 1.48. The number of pyridine rings is 1. The lowest BCUT2D eigenvalue weighted by Crippen LogP contribution is -2.10. The van der Waals surface area contributed by atoms with Crippen LogP contribution < -0.4 is 0 Å². The van der Waals surface area contributed by atoms with Gasteiger partial charge in [-0.1, -0.05) is 190 Å². The third-order valence-electron chi connectivity index (χ3n) is 15.2. The number of rotatable bonds is 5. The van der Waals surface area contributed by atoms with Crippen LogP contribution in [0.5, 0.6) is 0 Å². The van der Waals surface area contributed by atoms with Gasteiger partial charge in [-0.3, -0.25) is 0 Å². The number of hydrogen-bond acceptors (Lipinski definition) is 3. The largest absolute Gasteiger partial charge is 0.247 e. The minimum atomic E-state index is 0.379. The maximum absolute atomic E-state index is 5.62. The average Bonchev–Trinajstić information content (AvgIpc) is 3.42. The van der Waals surface area contributed by atoms with Gasteiger partial charge in [0.05, 0.1) is 22.8 Å². The van der Waals surface area contributed by atoms with Crippen molar-refractivity contribution in [2.24, 2.45) is 0 Å². The minimum absolute atomic E-state index is 0.379. The number of fused-ring (bicyclic) bond motifs is 14. The van der Waals surface area contributed by atoms with E-state index in [1.807, 2.05) is 0 Å². The molecule has 330 valence electrons. The summed E-state index contributed by atoms with van der Waals surface area (Å²) in [4.78, 5) is 16.7. The van der Waals surface area contributed by atoms with Gasteiger partial charge in [-0.2, -0.15) is 0 Å². The van der Waals surface area contributed by atoms with E-state index in [1.165, 1.54) is 70.6 Å². The summed E-state index contributed by atoms with van der Waals surface area (Å²) in [6.07, 6.45) is 11.4. The van der Waals surface area contributed by atoms with E-state index in [4.69, 9.17) is 15.0 Å². The van der Waals surface area contributed by atoms with Gasteiger partial charge in [-0.15, -0.1) is 0 Å². The Kier molecular flexibility index (Phi) is 9.29. The first-order chi connectivity index (χ1) is 34.5. The molecule has 0 N–H and O–H groups in total. The first-order valence-electron chi connectivity index (χ1n) is 24.7. The molecule has 2 aliphatic rings. The second kappa shape index (κ2) is 16.0. The van der Waals surface area contributed by atoms with E-state index in [-0.39, 0.29) is 0 Å². The van der Waals surface area contributed by atoms with Crippen LogP contribution in [0.3, 0.4) is 0 Å². The predicted molar refractivity (Wildman–Crippen MR) is 296 cm³/mol. The minimum Gasteiger partial charge on any atom is -0.247 e. The highest BCUT2D eigenvalue weighted by Crippen LogP contribution is 2.49. The van der Waals surface area contributed by atoms with Gasteiger partial charge in [0.25, 0.3) is 0 Å². The Balaban J connectivity index is 0.973. The molecule has 0 saturated heterocycles. The van der Waals surface area contributed by atoms with Crippen LogP contribution in [0, 0.1) is 0 Å². The van der Waals surface area contributed by atoms with Crippen molar-refractivity contribution in [3.8, 4) is 56.3 Å². The predicted octanol–water partition coefficient (Wildman–Crippen LogP) is 18.2. The Bertz CT molecular complexity index is 4090. The van der Waals surface area contributed by atoms with Gasteiger partial charge in [0, 0.05) is 27.6 Å². The van der Waals surface area contributed by atoms with Gasteiger partial charge < -0.3 is 0 Å². The lowest BCUT2D eigenvalue weighted by molar-refractivity contribution is 0.757. The van der Waals surface area contributed by atoms with Crippen LogP contribution in [-0.4, -0.2) is 15.0 Å². The number of hydrogen-bond donors (Lipinski definition) is 0. The molecule has 12 aromatic rings. The highest BCUT2D eigenvalue weighted by Gasteiger charge is 2.29. The molecule has 0 amide bonds. The van der Waals surface area contributed by atoms with Crippen LogP contribution in [-0.2, 0) is 0 Å². The van der Waals surface area contributed by atoms with Crippen molar-refractivity contribution in [2.45, 2.75) is 38.5 Å². The molecule has 2 aromatic heterocycles. The molecule has 2 heterocycles. The molecule has 0 bridgehead atoms. The van der Waals surface area contributed by atoms with E-state index in [1.54, 1.807) is 0 Å². The standard InChI is InChI=1S/C67H47N3/c1-40-17-13-33-55-54-31-11-12-32-56(54)64-65(62(40)55)63-41(2)18-14-34-59(63)68-66(64)47-24-16-22-43(36-47)42-21-15-23-46(35-42)60-39-61(57-37-44-19-3-5-25-48(44)50-27-7-9-29-52(50)57)70-67(69-60)58-38-45-20-4-6-26-49(45)51-28-8-10-30-53(51)58/h3-16,19-41H,17-18H2,1-2H3/t40-,41-/m0/s1. The molecule has 3 heteroatoms. The molecule has 0 saturated carbocycles. The van der Waals surface area contributed by atoms with Crippen molar-refractivity contribution in [1.82, 2.24) is 15.0 Å². The summed E-state index contributed by atoms with van der Waals surface area (Å²) < 4.78 is 0. The molecular formula is C67H47N3. The Morgan fingerprint density at radius 2 is 0.886 bits per heavy atom. The highest BCUT2D eigenvalue weighted by molar-refractivity contribution is 6.20. The molecule has 0 spiro atoms. The third-order valence-corrected chi connectivity index (χ3v) is 15.2. The monoisotopic (exact) mass is 893 g/mol. The average molecular weight is 894 g/mol. The van der Waals surface area contributed by atoms with E-state index >= 15 is 0 Å². The van der Waals surface area contributed by atoms with Gasteiger partial charge in [0.15, 0.2) is 5.82 Å². The molecule has 0 unspecified atom stereocenters. The first-order valence-corrected chi connectivity index (χ1v) is 24.7. The zero-order chi connectivity index (χ0) is 46.5. The molecule has 0 fully saturated rings. The zero-order valence-electron chi connectivity index (χ0n) is 39.1. The molecule has 2 aliphatic carbocycles. The van der Waals surface area contributed by atoms with E-state index in [0.717, 1.165) is 79.8 Å². The molecule has 2 atom stereocenters. The van der Waals surface area contributed by atoms with Crippen LogP contribution in [0.1, 0.15) is 60.9 Å². The maximum atomic E-state index is 5.62. The van der Waals surface area contributed by atoms with Crippen molar-refractivity contribution in [2.75, 3.05) is 0 Å². The van der Waals surface area contributed by atoms with Crippen LogP contribution >= 0.6 is 0 Å². The van der Waals surface area contributed by atoms with Crippen molar-refractivity contribution in [3.05, 3.63) is 223 Å². The SMILES string of the molecule is C[C@H]1CC=Cc2nc(-c3cccc(-c4cccc(-c5cc(-c6cc7ccccc7c7ccccc67)nc(-c6cc7ccccc7c7ccccc67)n5)c4)c3)c3c(c21)c1c(c2ccccc23)C=CC[C@@H]1C. The molecule has 14 rings (SSSR count). The summed E-state index contributed by atoms with van der Waals surface area (Å²) in [5.41, 5.74) is 14.6. The quantitative estimate of drug-likeness (QED) is 0.162. The molecule has 0 radical (unpaired) electrons. The molecule has 0 aliphatic heterocycles. The fraction of sp³-hybridized carbons (Fsp3) is 0.0896. The topological polar surface area (TPSA) is 38.7 Å². The van der Waals surface area contributed by atoms with E-state index in [2.05, 4.69) is 226 Å². The third kappa shape index (κ3) is 6.38. The van der Waals surface area contributed by atoms with Crippen molar-refractivity contribution in [3.63, 3.8) is 0 Å². The summed E-state index contributed by atoms with van der Waals surface area (Å²) in [6, 6.07) is 68.4. The van der Waals surface area contributed by atoms with Gasteiger partial charge in [0.2, 0.25) is 0 Å². The first kappa shape index (κ1) is 40.5. The van der Waals surface area contributed by atoms with Crippen LogP contribution in [0.2, 0.25) is 0 Å². The Labute approximate surface area is 407 Å².